The van der Waals surface area contributed by atoms with E-state index in [-0.39, 0.29) is 0 Å². The zero-order valence-corrected chi connectivity index (χ0v) is 8.84. The average molecular weight is 232 g/mol. The van der Waals surface area contributed by atoms with Gasteiger partial charge in [-0.05, 0) is 12.1 Å². The largest absolute Gasteiger partial charge is 0.466 e. The highest BCUT2D eigenvalue weighted by Crippen LogP contribution is 2.19. The molecule has 0 spiro atoms. The maximum Gasteiger partial charge on any atom is 0.330 e. The van der Waals surface area contributed by atoms with Crippen LogP contribution in [0.15, 0.2) is 18.3 Å². The third-order valence-corrected chi connectivity index (χ3v) is 1.92. The molecule has 3 nitrogen and oxygen atoms in total. The first kappa shape index (κ1) is 11.0. The number of aromatic nitrogens is 1. The molecule has 0 unspecified atom stereocenters. The van der Waals surface area contributed by atoms with Gasteiger partial charge in [0.25, 0.3) is 0 Å². The van der Waals surface area contributed by atoms with E-state index in [0.29, 0.717) is 15.7 Å². The van der Waals surface area contributed by atoms with Crippen molar-refractivity contribution in [3.8, 4) is 0 Å². The lowest BCUT2D eigenvalue weighted by Crippen LogP contribution is -1.93. The Kier molecular flexibility index (Phi) is 3.92. The fourth-order valence-electron chi connectivity index (χ4n) is 0.763. The summed E-state index contributed by atoms with van der Waals surface area (Å²) >= 11 is 11.5. The van der Waals surface area contributed by atoms with Gasteiger partial charge in [0.05, 0.1) is 22.8 Å². The summed E-state index contributed by atoms with van der Waals surface area (Å²) in [4.78, 5) is 14.7. The SMILES string of the molecule is COC(=O)C=Cc1ncc(Cl)cc1Cl. The molecule has 14 heavy (non-hydrogen) atoms. The minimum Gasteiger partial charge on any atom is -0.466 e. The summed E-state index contributed by atoms with van der Waals surface area (Å²) in [6.07, 6.45) is 4.15. The van der Waals surface area contributed by atoms with Gasteiger partial charge in [-0.25, -0.2) is 4.79 Å². The van der Waals surface area contributed by atoms with E-state index in [1.165, 1.54) is 25.5 Å². The molecule has 1 aromatic heterocycles. The van der Waals surface area contributed by atoms with Crippen LogP contribution in [0.5, 0.6) is 0 Å². The molecule has 0 N–H and O–H groups in total. The Morgan fingerprint density at radius 1 is 1.57 bits per heavy atom. The average Bonchev–Trinajstić information content (AvgIpc) is 2.16. The van der Waals surface area contributed by atoms with Gasteiger partial charge >= 0.3 is 5.97 Å². The predicted molar refractivity (Wildman–Crippen MR) is 55.3 cm³/mol. The number of pyridine rings is 1. The Morgan fingerprint density at radius 2 is 2.29 bits per heavy atom. The van der Waals surface area contributed by atoms with Gasteiger partial charge in [-0.15, -0.1) is 0 Å². The molecule has 0 aliphatic rings. The summed E-state index contributed by atoms with van der Waals surface area (Å²) < 4.78 is 4.41. The predicted octanol–water partition coefficient (Wildman–Crippen LogP) is 2.57. The lowest BCUT2D eigenvalue weighted by molar-refractivity contribution is -0.134. The zero-order chi connectivity index (χ0) is 10.6. The highest BCUT2D eigenvalue weighted by molar-refractivity contribution is 6.35. The molecule has 1 heterocycles. The van der Waals surface area contributed by atoms with Gasteiger partial charge in [0.15, 0.2) is 0 Å². The van der Waals surface area contributed by atoms with Gasteiger partial charge in [0.2, 0.25) is 0 Å². The molecule has 0 saturated heterocycles. The summed E-state index contributed by atoms with van der Waals surface area (Å²) in [5.41, 5.74) is 0.474. The second-order valence-electron chi connectivity index (χ2n) is 2.38. The number of carbonyl (C=O) groups excluding carboxylic acids is 1. The first-order valence-corrected chi connectivity index (χ1v) is 4.46. The number of nitrogens with zero attached hydrogens (tertiary/aromatic N) is 1. The van der Waals surface area contributed by atoms with E-state index in [9.17, 15) is 4.79 Å². The third-order valence-electron chi connectivity index (χ3n) is 1.41. The van der Waals surface area contributed by atoms with Gasteiger partial charge in [0.1, 0.15) is 0 Å². The van der Waals surface area contributed by atoms with Gasteiger partial charge in [-0.3, -0.25) is 4.98 Å². The summed E-state index contributed by atoms with van der Waals surface area (Å²) in [5, 5.41) is 0.836. The summed E-state index contributed by atoms with van der Waals surface area (Å²) in [6.45, 7) is 0. The molecule has 0 aromatic carbocycles. The molecule has 0 atom stereocenters. The van der Waals surface area contributed by atoms with Gasteiger partial charge in [0, 0.05) is 12.3 Å². The molecule has 5 heteroatoms. The van der Waals surface area contributed by atoms with E-state index in [0.717, 1.165) is 0 Å². The molecule has 0 radical (unpaired) electrons. The number of methoxy groups -OCH3 is 1. The molecule has 0 fully saturated rings. The van der Waals surface area contributed by atoms with E-state index in [2.05, 4.69) is 9.72 Å². The van der Waals surface area contributed by atoms with Crippen molar-refractivity contribution in [3.63, 3.8) is 0 Å². The van der Waals surface area contributed by atoms with Crippen LogP contribution in [-0.4, -0.2) is 18.1 Å². The quantitative estimate of drug-likeness (QED) is 0.581. The van der Waals surface area contributed by atoms with Gasteiger partial charge in [-0.2, -0.15) is 0 Å². The van der Waals surface area contributed by atoms with Crippen molar-refractivity contribution in [1.29, 1.82) is 0 Å². The molecule has 0 amide bonds. The van der Waals surface area contributed by atoms with Crippen LogP contribution < -0.4 is 0 Å². The van der Waals surface area contributed by atoms with E-state index >= 15 is 0 Å². The van der Waals surface area contributed by atoms with Crippen molar-refractivity contribution in [2.24, 2.45) is 0 Å². The smallest absolute Gasteiger partial charge is 0.330 e. The first-order chi connectivity index (χ1) is 6.63. The summed E-state index contributed by atoms with van der Waals surface area (Å²) in [5.74, 6) is -0.460. The molecule has 74 valence electrons. The Bertz CT molecular complexity index is 377. The van der Waals surface area contributed by atoms with Crippen LogP contribution >= 0.6 is 23.2 Å². The minimum absolute atomic E-state index is 0.387. The fourth-order valence-corrected chi connectivity index (χ4v) is 1.21. The molecule has 1 aromatic rings. The van der Waals surface area contributed by atoms with E-state index in [1.54, 1.807) is 6.07 Å². The molecule has 0 aliphatic heterocycles. The number of hydrogen-bond donors (Lipinski definition) is 0. The van der Waals surface area contributed by atoms with E-state index in [4.69, 9.17) is 23.2 Å². The number of hydrogen-bond acceptors (Lipinski definition) is 3. The molecule has 1 rings (SSSR count). The third kappa shape index (κ3) is 3.01. The molecule has 0 bridgehead atoms. The summed E-state index contributed by atoms with van der Waals surface area (Å²) in [6, 6.07) is 1.55. The number of esters is 1. The van der Waals surface area contributed by atoms with Crippen LogP contribution in [0.2, 0.25) is 10.0 Å². The molecular formula is C9H7Cl2NO2. The topological polar surface area (TPSA) is 39.2 Å². The Morgan fingerprint density at radius 3 is 2.86 bits per heavy atom. The van der Waals surface area contributed by atoms with Crippen molar-refractivity contribution < 1.29 is 9.53 Å². The van der Waals surface area contributed by atoms with E-state index in [1.807, 2.05) is 0 Å². The van der Waals surface area contributed by atoms with Crippen LogP contribution in [0.4, 0.5) is 0 Å². The number of ether oxygens (including phenoxy) is 1. The van der Waals surface area contributed by atoms with Gasteiger partial charge < -0.3 is 4.74 Å². The Labute approximate surface area is 91.3 Å². The number of halogens is 2. The zero-order valence-electron chi connectivity index (χ0n) is 7.33. The molecule has 0 saturated carbocycles. The van der Waals surface area contributed by atoms with Crippen molar-refractivity contribution in [2.75, 3.05) is 7.11 Å². The maximum absolute atomic E-state index is 10.8. The second kappa shape index (κ2) is 4.98. The highest BCUT2D eigenvalue weighted by atomic mass is 35.5. The Hall–Kier alpha value is -1.06. The first-order valence-electron chi connectivity index (χ1n) is 3.70. The van der Waals surface area contributed by atoms with Crippen molar-refractivity contribution in [3.05, 3.63) is 34.1 Å². The van der Waals surface area contributed by atoms with Crippen LogP contribution in [0, 0.1) is 0 Å². The second-order valence-corrected chi connectivity index (χ2v) is 3.22. The van der Waals surface area contributed by atoms with Gasteiger partial charge in [-0.1, -0.05) is 23.2 Å². The van der Waals surface area contributed by atoms with Crippen LogP contribution in [0.25, 0.3) is 6.08 Å². The lowest BCUT2D eigenvalue weighted by atomic mass is 10.3. The molecular weight excluding hydrogens is 225 g/mol. The standard InChI is InChI=1S/C9H7Cl2NO2/c1-14-9(13)3-2-8-7(11)4-6(10)5-12-8/h2-5H,1H3. The van der Waals surface area contributed by atoms with Crippen molar-refractivity contribution >= 4 is 35.2 Å². The van der Waals surface area contributed by atoms with E-state index < -0.39 is 5.97 Å². The molecule has 0 aliphatic carbocycles. The number of carbonyl (C=O) groups is 1. The Balaban J connectivity index is 2.87. The lowest BCUT2D eigenvalue weighted by Gasteiger charge is -1.96. The summed E-state index contributed by atoms with van der Waals surface area (Å²) in [7, 11) is 1.30. The maximum atomic E-state index is 10.8. The van der Waals surface area contributed by atoms with Crippen molar-refractivity contribution in [2.45, 2.75) is 0 Å². The van der Waals surface area contributed by atoms with Crippen molar-refractivity contribution in [1.82, 2.24) is 4.98 Å². The monoisotopic (exact) mass is 231 g/mol. The normalized spacial score (nSPS) is 10.5. The minimum atomic E-state index is -0.460. The van der Waals surface area contributed by atoms with Crippen LogP contribution in [0.3, 0.4) is 0 Å². The highest BCUT2D eigenvalue weighted by Gasteiger charge is 2.00. The number of rotatable bonds is 2. The van der Waals surface area contributed by atoms with Crippen LogP contribution in [0.1, 0.15) is 5.69 Å². The fraction of sp³-hybridized carbons (Fsp3) is 0.111. The van der Waals surface area contributed by atoms with Crippen LogP contribution in [-0.2, 0) is 9.53 Å².